The summed E-state index contributed by atoms with van der Waals surface area (Å²) in [5.74, 6) is -0.450. The highest BCUT2D eigenvalue weighted by Crippen LogP contribution is 2.44. The first-order valence-corrected chi connectivity index (χ1v) is 14.8. The number of hydrogen-bond donors (Lipinski definition) is 3. The van der Waals surface area contributed by atoms with E-state index in [0.717, 1.165) is 38.8 Å². The van der Waals surface area contributed by atoms with Crippen molar-refractivity contribution in [2.24, 2.45) is 11.8 Å². The molecule has 2 aliphatic carbocycles. The van der Waals surface area contributed by atoms with Crippen LogP contribution in [0.15, 0.2) is 0 Å². The largest absolute Gasteiger partial charge is 0.481 e. The van der Waals surface area contributed by atoms with E-state index in [1.54, 1.807) is 0 Å². The van der Waals surface area contributed by atoms with E-state index in [1.165, 1.54) is 109 Å². The summed E-state index contributed by atoms with van der Waals surface area (Å²) in [7, 11) is 0. The lowest BCUT2D eigenvalue weighted by Crippen LogP contribution is -2.74. The highest BCUT2D eigenvalue weighted by atomic mass is 16.4. The maximum atomic E-state index is 12.5. The van der Waals surface area contributed by atoms with Gasteiger partial charge < -0.3 is 15.7 Å². The Labute approximate surface area is 204 Å². The minimum absolute atomic E-state index is 0.00529. The molecule has 0 aromatic rings. The molecule has 4 nitrogen and oxygen atoms in total. The van der Waals surface area contributed by atoms with E-state index < -0.39 is 5.97 Å². The second-order valence-electron chi connectivity index (χ2n) is 11.8. The molecular formula is C29H54N2O2. The number of carboxylic acids is 1. The van der Waals surface area contributed by atoms with E-state index in [4.69, 9.17) is 0 Å². The predicted molar refractivity (Wildman–Crippen MR) is 139 cm³/mol. The molecule has 3 unspecified atom stereocenters. The first-order chi connectivity index (χ1) is 16.1. The molecule has 3 rings (SSSR count). The lowest BCUT2D eigenvalue weighted by Gasteiger charge is -2.57. The van der Waals surface area contributed by atoms with Gasteiger partial charge in [0.15, 0.2) is 0 Å². The van der Waals surface area contributed by atoms with E-state index in [-0.39, 0.29) is 22.9 Å². The Hall–Kier alpha value is -0.610. The third-order valence-corrected chi connectivity index (χ3v) is 9.25. The number of nitrogens with one attached hydrogen (secondary N) is 2. The molecule has 0 aromatic carbocycles. The predicted octanol–water partition coefficient (Wildman–Crippen LogP) is 7.21. The quantitative estimate of drug-likeness (QED) is 0.239. The van der Waals surface area contributed by atoms with Crippen molar-refractivity contribution in [1.82, 2.24) is 10.6 Å². The number of rotatable bonds is 14. The summed E-state index contributed by atoms with van der Waals surface area (Å²) in [4.78, 5) is 12.5. The van der Waals surface area contributed by atoms with Crippen LogP contribution in [0.5, 0.6) is 0 Å². The molecule has 0 amide bonds. The Kier molecular flexibility index (Phi) is 11.5. The van der Waals surface area contributed by atoms with E-state index in [9.17, 15) is 9.90 Å². The highest BCUT2D eigenvalue weighted by molar-refractivity contribution is 5.70. The van der Waals surface area contributed by atoms with Crippen molar-refractivity contribution >= 4 is 5.97 Å². The number of carboxylic acid groups (broad SMARTS) is 1. The number of piperazine rings is 1. The molecule has 0 aromatic heterocycles. The fourth-order valence-corrected chi connectivity index (χ4v) is 7.42. The van der Waals surface area contributed by atoms with Crippen molar-refractivity contribution in [3.05, 3.63) is 0 Å². The number of hydrogen-bond acceptors (Lipinski definition) is 3. The molecule has 0 radical (unpaired) electrons. The van der Waals surface area contributed by atoms with Crippen molar-refractivity contribution in [2.75, 3.05) is 13.1 Å². The third-order valence-electron chi connectivity index (χ3n) is 9.25. The molecule has 192 valence electrons. The molecule has 3 N–H and O–H groups in total. The van der Waals surface area contributed by atoms with Crippen LogP contribution in [0.25, 0.3) is 0 Å². The molecule has 3 aliphatic rings. The van der Waals surface area contributed by atoms with Crippen LogP contribution in [0.4, 0.5) is 0 Å². The maximum Gasteiger partial charge on any atom is 0.306 e. The van der Waals surface area contributed by atoms with Crippen molar-refractivity contribution in [3.63, 3.8) is 0 Å². The van der Waals surface area contributed by atoms with E-state index in [0.29, 0.717) is 0 Å². The molecule has 3 fully saturated rings. The Bertz CT molecular complexity index is 550. The van der Waals surface area contributed by atoms with Crippen molar-refractivity contribution in [1.29, 1.82) is 0 Å². The summed E-state index contributed by atoms with van der Waals surface area (Å²) < 4.78 is 0. The smallest absolute Gasteiger partial charge is 0.306 e. The number of unbranched alkanes of at least 4 members (excludes halogenated alkanes) is 10. The molecule has 1 saturated heterocycles. The second kappa shape index (κ2) is 14.1. The molecule has 2 saturated carbocycles. The van der Waals surface area contributed by atoms with Crippen LogP contribution in [0.1, 0.15) is 142 Å². The first kappa shape index (κ1) is 27.0. The maximum absolute atomic E-state index is 12.5. The van der Waals surface area contributed by atoms with Gasteiger partial charge in [-0.1, -0.05) is 110 Å². The van der Waals surface area contributed by atoms with Gasteiger partial charge in [-0.3, -0.25) is 4.79 Å². The fraction of sp³-hybridized carbons (Fsp3) is 0.966. The number of carbonyl (C=O) groups is 1. The SMILES string of the molecule is CCCCCCCCCCCCCC(C(=O)O)C1CCCCC12CNCC1(CCCCC1)N2. The van der Waals surface area contributed by atoms with Crippen LogP contribution in [0.3, 0.4) is 0 Å². The van der Waals surface area contributed by atoms with Gasteiger partial charge in [0.1, 0.15) is 0 Å². The summed E-state index contributed by atoms with van der Waals surface area (Å²) >= 11 is 0. The van der Waals surface area contributed by atoms with E-state index in [1.807, 2.05) is 0 Å². The first-order valence-electron chi connectivity index (χ1n) is 14.8. The van der Waals surface area contributed by atoms with Crippen LogP contribution in [0, 0.1) is 11.8 Å². The molecule has 0 bridgehead atoms. The van der Waals surface area contributed by atoms with Gasteiger partial charge in [-0.15, -0.1) is 0 Å². The Morgan fingerprint density at radius 3 is 2.06 bits per heavy atom. The van der Waals surface area contributed by atoms with Crippen LogP contribution in [-0.4, -0.2) is 35.2 Å². The van der Waals surface area contributed by atoms with Crippen molar-refractivity contribution < 1.29 is 9.90 Å². The van der Waals surface area contributed by atoms with Crippen molar-refractivity contribution in [2.45, 2.75) is 153 Å². The Morgan fingerprint density at radius 2 is 1.42 bits per heavy atom. The number of aliphatic carboxylic acids is 1. The standard InChI is InChI=1S/C29H54N2O2/c1-2-3-4-5-6-7-8-9-10-11-13-18-25(27(32)33)26-19-14-17-22-29(26)24-30-23-28(31-29)20-15-12-16-21-28/h25-26,30-31H,2-24H2,1H3,(H,32,33). The second-order valence-corrected chi connectivity index (χ2v) is 11.8. The zero-order valence-corrected chi connectivity index (χ0v) is 21.8. The Balaban J connectivity index is 1.45. The fourth-order valence-electron chi connectivity index (χ4n) is 7.42. The summed E-state index contributed by atoms with van der Waals surface area (Å²) in [6, 6.07) is 0. The topological polar surface area (TPSA) is 61.4 Å². The monoisotopic (exact) mass is 462 g/mol. The van der Waals surface area contributed by atoms with Gasteiger partial charge >= 0.3 is 5.97 Å². The lowest BCUT2D eigenvalue weighted by molar-refractivity contribution is -0.147. The van der Waals surface area contributed by atoms with Crippen LogP contribution in [-0.2, 0) is 4.79 Å². The van der Waals surface area contributed by atoms with Crippen molar-refractivity contribution in [3.8, 4) is 0 Å². The van der Waals surface area contributed by atoms with Crippen LogP contribution < -0.4 is 10.6 Å². The van der Waals surface area contributed by atoms with Gasteiger partial charge in [-0.25, -0.2) is 0 Å². The van der Waals surface area contributed by atoms with Gasteiger partial charge in [-0.2, -0.15) is 0 Å². The van der Waals surface area contributed by atoms with Gasteiger partial charge in [0.05, 0.1) is 5.92 Å². The molecule has 2 spiro atoms. The summed E-state index contributed by atoms with van der Waals surface area (Å²) in [6.45, 7) is 4.30. The highest BCUT2D eigenvalue weighted by Gasteiger charge is 2.52. The summed E-state index contributed by atoms with van der Waals surface area (Å²) in [5.41, 5.74) is 0.209. The Morgan fingerprint density at radius 1 is 0.818 bits per heavy atom. The molecular weight excluding hydrogens is 408 g/mol. The molecule has 3 atom stereocenters. The van der Waals surface area contributed by atoms with Crippen LogP contribution in [0.2, 0.25) is 0 Å². The summed E-state index contributed by atoms with van der Waals surface area (Å²) in [5, 5.41) is 18.2. The van der Waals surface area contributed by atoms with Gasteiger partial charge in [0.25, 0.3) is 0 Å². The van der Waals surface area contributed by atoms with E-state index in [2.05, 4.69) is 17.6 Å². The average Bonchev–Trinajstić information content (AvgIpc) is 2.81. The normalized spacial score (nSPS) is 28.2. The zero-order chi connectivity index (χ0) is 23.4. The van der Waals surface area contributed by atoms with Gasteiger partial charge in [-0.05, 0) is 38.0 Å². The minimum atomic E-state index is -0.543. The van der Waals surface area contributed by atoms with Gasteiger partial charge in [0, 0.05) is 24.2 Å². The third kappa shape index (κ3) is 7.95. The molecule has 4 heteroatoms. The van der Waals surface area contributed by atoms with Gasteiger partial charge in [0.2, 0.25) is 0 Å². The molecule has 1 heterocycles. The van der Waals surface area contributed by atoms with Crippen LogP contribution >= 0.6 is 0 Å². The molecule has 1 aliphatic heterocycles. The summed E-state index contributed by atoms with van der Waals surface area (Å²) in [6.07, 6.45) is 26.6. The average molecular weight is 463 g/mol. The minimum Gasteiger partial charge on any atom is -0.481 e. The van der Waals surface area contributed by atoms with E-state index >= 15 is 0 Å². The lowest BCUT2D eigenvalue weighted by atomic mass is 9.63. The zero-order valence-electron chi connectivity index (χ0n) is 21.8. The molecule has 33 heavy (non-hydrogen) atoms.